The number of benzene rings is 1. The number of amides is 3. The van der Waals surface area contributed by atoms with Crippen LogP contribution in [0.2, 0.25) is 0 Å². The zero-order valence-electron chi connectivity index (χ0n) is 23.1. The standard InChI is InChI=1S/C31H49N3O3/c1-2-3-4-5-6-7-8-9-10-11-12-13-14-15-16-17-23-32-27-20-18-19-25-26(27)24-34(31(25)37)28-21-22-29(35)33-30(28)36/h18-20,28,32H,2-17,21-24H2,1H3,(H,33,35,36). The van der Waals surface area contributed by atoms with Crippen molar-refractivity contribution in [1.82, 2.24) is 10.2 Å². The molecule has 1 atom stereocenters. The molecule has 0 aliphatic carbocycles. The number of fused-ring (bicyclic) bond motifs is 1. The highest BCUT2D eigenvalue weighted by molar-refractivity contribution is 6.06. The van der Waals surface area contributed by atoms with E-state index in [2.05, 4.69) is 17.6 Å². The molecule has 1 aromatic rings. The van der Waals surface area contributed by atoms with Gasteiger partial charge >= 0.3 is 0 Å². The van der Waals surface area contributed by atoms with Crippen molar-refractivity contribution >= 4 is 23.4 Å². The fourth-order valence-corrected chi connectivity index (χ4v) is 5.65. The van der Waals surface area contributed by atoms with E-state index in [1.165, 1.54) is 96.3 Å². The molecule has 0 aromatic heterocycles. The first kappa shape index (κ1) is 29.2. The Hall–Kier alpha value is -2.37. The maximum Gasteiger partial charge on any atom is 0.255 e. The van der Waals surface area contributed by atoms with Crippen molar-refractivity contribution in [2.45, 2.75) is 135 Å². The summed E-state index contributed by atoms with van der Waals surface area (Å²) in [7, 11) is 0. The quantitative estimate of drug-likeness (QED) is 0.153. The van der Waals surface area contributed by atoms with E-state index in [0.29, 0.717) is 18.5 Å². The highest BCUT2D eigenvalue weighted by atomic mass is 16.2. The Morgan fingerprint density at radius 1 is 0.811 bits per heavy atom. The second-order valence-corrected chi connectivity index (χ2v) is 11.0. The average molecular weight is 512 g/mol. The summed E-state index contributed by atoms with van der Waals surface area (Å²) in [4.78, 5) is 38.3. The molecule has 37 heavy (non-hydrogen) atoms. The van der Waals surface area contributed by atoms with E-state index >= 15 is 0 Å². The number of anilines is 1. The minimum absolute atomic E-state index is 0.115. The van der Waals surface area contributed by atoms with Gasteiger partial charge in [-0.15, -0.1) is 0 Å². The number of carbonyl (C=O) groups is 3. The van der Waals surface area contributed by atoms with E-state index in [1.807, 2.05) is 18.2 Å². The molecule has 2 heterocycles. The largest absolute Gasteiger partial charge is 0.385 e. The summed E-state index contributed by atoms with van der Waals surface area (Å²) < 4.78 is 0. The van der Waals surface area contributed by atoms with Crippen LogP contribution in [0.5, 0.6) is 0 Å². The number of carbonyl (C=O) groups excluding carboxylic acids is 3. The highest BCUT2D eigenvalue weighted by Gasteiger charge is 2.39. The Morgan fingerprint density at radius 3 is 1.95 bits per heavy atom. The normalized spacial score (nSPS) is 17.3. The van der Waals surface area contributed by atoms with E-state index < -0.39 is 6.04 Å². The lowest BCUT2D eigenvalue weighted by Crippen LogP contribution is -2.52. The summed E-state index contributed by atoms with van der Waals surface area (Å²) in [5, 5.41) is 5.89. The van der Waals surface area contributed by atoms with Gasteiger partial charge in [0.25, 0.3) is 5.91 Å². The van der Waals surface area contributed by atoms with Crippen LogP contribution in [0.15, 0.2) is 18.2 Å². The van der Waals surface area contributed by atoms with Crippen molar-refractivity contribution < 1.29 is 14.4 Å². The average Bonchev–Trinajstić information content (AvgIpc) is 3.22. The minimum Gasteiger partial charge on any atom is -0.385 e. The third-order valence-electron chi connectivity index (χ3n) is 7.93. The topological polar surface area (TPSA) is 78.5 Å². The Kier molecular flexibility index (Phi) is 13.0. The third kappa shape index (κ3) is 9.46. The number of piperidine rings is 1. The van der Waals surface area contributed by atoms with Crippen LogP contribution in [0.4, 0.5) is 5.69 Å². The smallest absolute Gasteiger partial charge is 0.255 e. The van der Waals surface area contributed by atoms with Gasteiger partial charge in [-0.25, -0.2) is 0 Å². The first-order valence-corrected chi connectivity index (χ1v) is 15.1. The van der Waals surface area contributed by atoms with Crippen molar-refractivity contribution in [2.24, 2.45) is 0 Å². The summed E-state index contributed by atoms with van der Waals surface area (Å²) in [6.07, 6.45) is 22.5. The van der Waals surface area contributed by atoms with Crippen LogP contribution in [0.25, 0.3) is 0 Å². The molecule has 0 bridgehead atoms. The molecule has 0 radical (unpaired) electrons. The fourth-order valence-electron chi connectivity index (χ4n) is 5.65. The second kappa shape index (κ2) is 16.5. The summed E-state index contributed by atoms with van der Waals surface area (Å²) in [5.74, 6) is -0.734. The number of unbranched alkanes of at least 4 members (excludes halogenated alkanes) is 15. The van der Waals surface area contributed by atoms with Gasteiger partial charge in [-0.2, -0.15) is 0 Å². The van der Waals surface area contributed by atoms with Gasteiger partial charge in [0.15, 0.2) is 0 Å². The number of nitrogens with zero attached hydrogens (tertiary/aromatic N) is 1. The molecule has 1 aromatic carbocycles. The molecule has 1 fully saturated rings. The molecular formula is C31H49N3O3. The molecule has 2 aliphatic rings. The first-order chi connectivity index (χ1) is 18.1. The monoisotopic (exact) mass is 511 g/mol. The molecule has 6 nitrogen and oxygen atoms in total. The van der Waals surface area contributed by atoms with Gasteiger partial charge in [0.05, 0.1) is 0 Å². The van der Waals surface area contributed by atoms with Crippen LogP contribution in [0.1, 0.15) is 138 Å². The predicted octanol–water partition coefficient (Wildman–Crippen LogP) is 7.12. The van der Waals surface area contributed by atoms with Crippen molar-refractivity contribution in [2.75, 3.05) is 11.9 Å². The van der Waals surface area contributed by atoms with E-state index in [1.54, 1.807) is 4.90 Å². The van der Waals surface area contributed by atoms with Crippen molar-refractivity contribution in [1.29, 1.82) is 0 Å². The van der Waals surface area contributed by atoms with Gasteiger partial charge in [0.1, 0.15) is 6.04 Å². The molecule has 0 spiro atoms. The first-order valence-electron chi connectivity index (χ1n) is 15.1. The van der Waals surface area contributed by atoms with Crippen molar-refractivity contribution in [3.05, 3.63) is 29.3 Å². The van der Waals surface area contributed by atoms with Gasteiger partial charge in [-0.1, -0.05) is 109 Å². The lowest BCUT2D eigenvalue weighted by molar-refractivity contribution is -0.136. The van der Waals surface area contributed by atoms with Crippen LogP contribution in [-0.4, -0.2) is 35.2 Å². The highest BCUT2D eigenvalue weighted by Crippen LogP contribution is 2.32. The molecule has 6 heteroatoms. The predicted molar refractivity (Wildman–Crippen MR) is 151 cm³/mol. The molecule has 3 rings (SSSR count). The Bertz CT molecular complexity index is 869. The Labute approximate surface area is 224 Å². The molecule has 1 unspecified atom stereocenters. The van der Waals surface area contributed by atoms with Gasteiger partial charge in [-0.05, 0) is 25.0 Å². The molecule has 3 amide bonds. The Morgan fingerprint density at radius 2 is 1.38 bits per heavy atom. The van der Waals surface area contributed by atoms with Crippen molar-refractivity contribution in [3.8, 4) is 0 Å². The lowest BCUT2D eigenvalue weighted by Gasteiger charge is -2.29. The van der Waals surface area contributed by atoms with E-state index in [-0.39, 0.29) is 24.1 Å². The van der Waals surface area contributed by atoms with E-state index in [9.17, 15) is 14.4 Å². The fraction of sp³-hybridized carbons (Fsp3) is 0.710. The maximum atomic E-state index is 12.9. The van der Waals surface area contributed by atoms with E-state index in [4.69, 9.17) is 0 Å². The molecule has 1 saturated heterocycles. The second-order valence-electron chi connectivity index (χ2n) is 11.0. The number of nitrogens with one attached hydrogen (secondary N) is 2. The Balaban J connectivity index is 1.22. The maximum absolute atomic E-state index is 12.9. The van der Waals surface area contributed by atoms with Crippen LogP contribution in [-0.2, 0) is 16.1 Å². The number of hydrogen-bond donors (Lipinski definition) is 2. The molecule has 206 valence electrons. The number of rotatable bonds is 19. The van der Waals surface area contributed by atoms with Gasteiger partial charge < -0.3 is 10.2 Å². The SMILES string of the molecule is CCCCCCCCCCCCCCCCCCNc1cccc2c1CN(C1CCC(=O)NC1=O)C2=O. The third-order valence-corrected chi connectivity index (χ3v) is 7.93. The lowest BCUT2D eigenvalue weighted by atomic mass is 10.0. The summed E-state index contributed by atoms with van der Waals surface area (Å²) in [6.45, 7) is 3.59. The van der Waals surface area contributed by atoms with Crippen molar-refractivity contribution in [3.63, 3.8) is 0 Å². The van der Waals surface area contributed by atoms with Crippen LogP contribution >= 0.6 is 0 Å². The zero-order valence-corrected chi connectivity index (χ0v) is 23.1. The summed E-state index contributed by atoms with van der Waals surface area (Å²) >= 11 is 0. The zero-order chi connectivity index (χ0) is 26.3. The van der Waals surface area contributed by atoms with E-state index in [0.717, 1.165) is 24.2 Å². The number of imide groups is 1. The van der Waals surface area contributed by atoms with Crippen LogP contribution < -0.4 is 10.6 Å². The van der Waals surface area contributed by atoms with Gasteiger partial charge in [0.2, 0.25) is 11.8 Å². The number of hydrogen-bond acceptors (Lipinski definition) is 4. The van der Waals surface area contributed by atoms with Crippen LogP contribution in [0.3, 0.4) is 0 Å². The molecular weight excluding hydrogens is 462 g/mol. The molecule has 0 saturated carbocycles. The molecule has 2 aliphatic heterocycles. The minimum atomic E-state index is -0.564. The molecule has 2 N–H and O–H groups in total. The van der Waals surface area contributed by atoms with Gasteiger partial charge in [-0.3, -0.25) is 19.7 Å². The summed E-state index contributed by atoms with van der Waals surface area (Å²) in [6, 6.07) is 5.20. The van der Waals surface area contributed by atoms with Crippen LogP contribution in [0, 0.1) is 0 Å². The van der Waals surface area contributed by atoms with Gasteiger partial charge in [0, 0.05) is 36.3 Å². The summed E-state index contributed by atoms with van der Waals surface area (Å²) in [5.41, 5.74) is 2.62.